The van der Waals surface area contributed by atoms with Crippen LogP contribution in [0.2, 0.25) is 0 Å². The summed E-state index contributed by atoms with van der Waals surface area (Å²) >= 11 is 0. The third kappa shape index (κ3) is 3.37. The summed E-state index contributed by atoms with van der Waals surface area (Å²) in [6.07, 6.45) is 6.29. The van der Waals surface area contributed by atoms with Crippen LogP contribution in [0.3, 0.4) is 0 Å². The molecule has 170 valence electrons. The van der Waals surface area contributed by atoms with Crippen LogP contribution in [0.5, 0.6) is 5.75 Å². The minimum Gasteiger partial charge on any atom is -0.497 e. The molecule has 2 unspecified atom stereocenters. The summed E-state index contributed by atoms with van der Waals surface area (Å²) in [5.41, 5.74) is 2.13. The lowest BCUT2D eigenvalue weighted by molar-refractivity contribution is -0.222. The summed E-state index contributed by atoms with van der Waals surface area (Å²) in [4.78, 5) is 12.3. The molecule has 0 radical (unpaired) electrons. The largest absolute Gasteiger partial charge is 0.497 e. The van der Waals surface area contributed by atoms with Crippen LogP contribution in [0.25, 0.3) is 10.9 Å². The number of hydrogen-bond acceptors (Lipinski definition) is 8. The Labute approximate surface area is 192 Å². The summed E-state index contributed by atoms with van der Waals surface area (Å²) in [5.74, 6) is 2.83. The zero-order valence-electron chi connectivity index (χ0n) is 18.9. The standard InChI is InChI=1S/C24H28N8O/c1-14-8-21(31-30-14)28-22-19-5-4-18(33-2)11-20(19)27-23(29-22)26-15-9-16-12-24(6-3-7-25)13-17(10-15)32(16)24/h4-5,8,11,15-17H,3,6,9-10,12-13H2,1-2H3,(H3,26,27,28,29,30,31)/t15?,16-,17+,24?. The Bertz CT molecular complexity index is 1230. The minimum absolute atomic E-state index is 0.324. The Morgan fingerprint density at radius 3 is 2.76 bits per heavy atom. The smallest absolute Gasteiger partial charge is 0.225 e. The van der Waals surface area contributed by atoms with Gasteiger partial charge >= 0.3 is 0 Å². The van der Waals surface area contributed by atoms with Gasteiger partial charge < -0.3 is 15.4 Å². The molecule has 3 aliphatic heterocycles. The van der Waals surface area contributed by atoms with E-state index < -0.39 is 0 Å². The number of methoxy groups -OCH3 is 1. The molecule has 3 aromatic rings. The Morgan fingerprint density at radius 1 is 1.24 bits per heavy atom. The van der Waals surface area contributed by atoms with Crippen LogP contribution in [0.15, 0.2) is 24.3 Å². The van der Waals surface area contributed by atoms with Gasteiger partial charge in [-0.1, -0.05) is 0 Å². The molecule has 3 fully saturated rings. The van der Waals surface area contributed by atoms with Crippen molar-refractivity contribution in [1.82, 2.24) is 25.1 Å². The van der Waals surface area contributed by atoms with Crippen molar-refractivity contribution >= 4 is 28.5 Å². The number of aromatic amines is 1. The number of nitrogens with zero attached hydrogens (tertiary/aromatic N) is 5. The number of rotatable bonds is 7. The molecule has 3 aliphatic rings. The summed E-state index contributed by atoms with van der Waals surface area (Å²) in [5, 5.41) is 24.1. The lowest BCUT2D eigenvalue weighted by Crippen LogP contribution is -2.81. The number of ether oxygens (including phenoxy) is 1. The number of anilines is 3. The van der Waals surface area contributed by atoms with E-state index in [4.69, 9.17) is 20.0 Å². The highest BCUT2D eigenvalue weighted by Crippen LogP contribution is 2.58. The van der Waals surface area contributed by atoms with Gasteiger partial charge in [-0.25, -0.2) is 4.98 Å². The molecule has 0 amide bonds. The molecule has 0 saturated carbocycles. The van der Waals surface area contributed by atoms with Crippen LogP contribution >= 0.6 is 0 Å². The molecule has 33 heavy (non-hydrogen) atoms. The van der Waals surface area contributed by atoms with Gasteiger partial charge in [-0.2, -0.15) is 15.3 Å². The Balaban J connectivity index is 1.24. The predicted octanol–water partition coefficient (Wildman–Crippen LogP) is 3.88. The Hall–Kier alpha value is -3.38. The molecule has 9 heteroatoms. The first-order valence-electron chi connectivity index (χ1n) is 11.6. The van der Waals surface area contributed by atoms with Crippen molar-refractivity contribution in [3.63, 3.8) is 0 Å². The van der Waals surface area contributed by atoms with Gasteiger partial charge in [0.25, 0.3) is 0 Å². The number of benzene rings is 1. The Morgan fingerprint density at radius 2 is 2.06 bits per heavy atom. The van der Waals surface area contributed by atoms with E-state index in [2.05, 4.69) is 31.8 Å². The number of fused-ring (bicyclic) bond motifs is 1. The van der Waals surface area contributed by atoms with E-state index in [1.165, 1.54) is 12.8 Å². The summed E-state index contributed by atoms with van der Waals surface area (Å²) in [6.45, 7) is 1.97. The minimum atomic E-state index is 0.324. The maximum atomic E-state index is 8.98. The molecular weight excluding hydrogens is 416 g/mol. The predicted molar refractivity (Wildman–Crippen MR) is 126 cm³/mol. The topological polar surface area (TPSA) is 115 Å². The SMILES string of the molecule is COc1ccc2c(Nc3cc(C)[nH]n3)nc(NC3C[C@@H]4CC5(CCC#N)C[C@H](C3)N45)nc2c1. The van der Waals surface area contributed by atoms with Gasteiger partial charge in [0.05, 0.1) is 18.7 Å². The summed E-state index contributed by atoms with van der Waals surface area (Å²) < 4.78 is 5.42. The van der Waals surface area contributed by atoms with Crippen LogP contribution in [0, 0.1) is 18.3 Å². The van der Waals surface area contributed by atoms with Gasteiger partial charge in [-0.15, -0.1) is 0 Å². The van der Waals surface area contributed by atoms with Crippen molar-refractivity contribution in [2.75, 3.05) is 17.7 Å². The number of aromatic nitrogens is 4. The molecule has 5 heterocycles. The second-order valence-corrected chi connectivity index (χ2v) is 9.66. The molecular formula is C24H28N8O. The van der Waals surface area contributed by atoms with Gasteiger partial charge in [-0.3, -0.25) is 10.00 Å². The fourth-order valence-electron chi connectivity index (χ4n) is 6.28. The average molecular weight is 445 g/mol. The van der Waals surface area contributed by atoms with Gasteiger partial charge in [0.15, 0.2) is 5.82 Å². The van der Waals surface area contributed by atoms with Crippen LogP contribution in [-0.2, 0) is 0 Å². The van der Waals surface area contributed by atoms with E-state index in [9.17, 15) is 0 Å². The molecule has 3 saturated heterocycles. The quantitative estimate of drug-likeness (QED) is 0.503. The maximum absolute atomic E-state index is 8.98. The number of nitrogens with one attached hydrogen (secondary N) is 3. The molecule has 9 nitrogen and oxygen atoms in total. The second kappa shape index (κ2) is 7.59. The molecule has 0 spiro atoms. The molecule has 0 bridgehead atoms. The lowest BCUT2D eigenvalue weighted by atomic mass is 9.57. The van der Waals surface area contributed by atoms with Gasteiger partial charge in [0.2, 0.25) is 5.95 Å². The summed E-state index contributed by atoms with van der Waals surface area (Å²) in [7, 11) is 1.66. The summed E-state index contributed by atoms with van der Waals surface area (Å²) in [6, 6.07) is 11.7. The van der Waals surface area contributed by atoms with Gasteiger partial charge in [0, 0.05) is 53.3 Å². The molecule has 0 aliphatic carbocycles. The van der Waals surface area contributed by atoms with Crippen molar-refractivity contribution in [3.05, 3.63) is 30.0 Å². The molecule has 6 rings (SSSR count). The van der Waals surface area contributed by atoms with Crippen molar-refractivity contribution in [3.8, 4) is 11.8 Å². The van der Waals surface area contributed by atoms with E-state index in [1.54, 1.807) is 7.11 Å². The third-order valence-electron chi connectivity index (χ3n) is 7.57. The fraction of sp³-hybridized carbons (Fsp3) is 0.500. The number of aryl methyl sites for hydroxylation is 1. The zero-order chi connectivity index (χ0) is 22.6. The molecule has 4 atom stereocenters. The zero-order valence-corrected chi connectivity index (χ0v) is 18.9. The van der Waals surface area contributed by atoms with E-state index in [1.807, 2.05) is 31.2 Å². The van der Waals surface area contributed by atoms with Crippen LogP contribution in [-0.4, -0.2) is 55.8 Å². The number of piperidine rings is 2. The fourth-order valence-corrected chi connectivity index (χ4v) is 6.28. The highest BCUT2D eigenvalue weighted by molar-refractivity contribution is 5.92. The van der Waals surface area contributed by atoms with E-state index in [-0.39, 0.29) is 0 Å². The highest BCUT2D eigenvalue weighted by atomic mass is 16.5. The monoisotopic (exact) mass is 444 g/mol. The first kappa shape index (κ1) is 20.2. The molecule has 3 N–H and O–H groups in total. The van der Waals surface area contributed by atoms with Crippen molar-refractivity contribution in [2.45, 2.75) is 69.1 Å². The number of H-pyrrole nitrogens is 1. The third-order valence-corrected chi connectivity index (χ3v) is 7.57. The average Bonchev–Trinajstić information content (AvgIpc) is 3.18. The first-order valence-corrected chi connectivity index (χ1v) is 11.6. The number of hydrogen-bond donors (Lipinski definition) is 3. The number of nitriles is 1. The highest BCUT2D eigenvalue weighted by Gasteiger charge is 2.64. The van der Waals surface area contributed by atoms with Gasteiger partial charge in [-0.05, 0) is 51.2 Å². The Kier molecular flexibility index (Phi) is 4.66. The van der Waals surface area contributed by atoms with Crippen LogP contribution in [0.1, 0.15) is 44.2 Å². The first-order chi connectivity index (χ1) is 16.1. The van der Waals surface area contributed by atoms with Crippen molar-refractivity contribution in [1.29, 1.82) is 5.26 Å². The normalized spacial score (nSPS) is 27.7. The van der Waals surface area contributed by atoms with Gasteiger partial charge in [0.1, 0.15) is 11.6 Å². The van der Waals surface area contributed by atoms with E-state index >= 15 is 0 Å². The van der Waals surface area contributed by atoms with Crippen molar-refractivity contribution in [2.24, 2.45) is 0 Å². The molecule has 2 aromatic heterocycles. The second-order valence-electron chi connectivity index (χ2n) is 9.66. The van der Waals surface area contributed by atoms with Crippen molar-refractivity contribution < 1.29 is 4.74 Å². The van der Waals surface area contributed by atoms with Crippen LogP contribution in [0.4, 0.5) is 17.6 Å². The lowest BCUT2D eigenvalue weighted by Gasteiger charge is -2.74. The van der Waals surface area contributed by atoms with E-state index in [0.717, 1.165) is 53.2 Å². The molecule has 1 aromatic carbocycles. The maximum Gasteiger partial charge on any atom is 0.225 e. The van der Waals surface area contributed by atoms with E-state index in [0.29, 0.717) is 36.0 Å². The van der Waals surface area contributed by atoms with Crippen LogP contribution < -0.4 is 15.4 Å².